The normalized spacial score (nSPS) is 9.69. The Morgan fingerprint density at radius 2 is 1.77 bits per heavy atom. The van der Waals surface area contributed by atoms with Gasteiger partial charge in [0, 0.05) is 7.11 Å². The maximum absolute atomic E-state index is 5.03. The lowest BCUT2D eigenvalue weighted by atomic mass is 10.5. The van der Waals surface area contributed by atoms with E-state index in [0.29, 0.717) is 0 Å². The minimum atomic E-state index is 0.752. The zero-order valence-corrected chi connectivity index (χ0v) is 9.66. The summed E-state index contributed by atoms with van der Waals surface area (Å²) in [5.41, 5.74) is 0. The molecule has 4 heteroatoms. The lowest BCUT2D eigenvalue weighted by Crippen LogP contribution is -2.44. The molecule has 0 spiro atoms. The van der Waals surface area contributed by atoms with Crippen LogP contribution < -0.4 is 0 Å². The first kappa shape index (κ1) is 12.2. The average Bonchev–Trinajstić information content (AvgIpc) is 1.99. The van der Waals surface area contributed by atoms with Crippen molar-refractivity contribution in [2.24, 2.45) is 0 Å². The van der Waals surface area contributed by atoms with Crippen LogP contribution in [0.4, 0.5) is 0 Å². The van der Waals surface area contributed by atoms with Gasteiger partial charge in [-0.05, 0) is 0 Å². The van der Waals surface area contributed by atoms with Crippen LogP contribution in [0.2, 0.25) is 0 Å². The first-order chi connectivity index (χ1) is 6.00. The second-order valence-corrected chi connectivity index (χ2v) is 3.50. The molecule has 0 aromatic carbocycles. The summed E-state index contributed by atoms with van der Waals surface area (Å²) in [5, 5.41) is 0. The van der Waals surface area contributed by atoms with Gasteiger partial charge in [-0.25, -0.2) is 0 Å². The van der Waals surface area contributed by atoms with E-state index in [1.807, 2.05) is 28.2 Å². The smallest absolute Gasteiger partial charge is 0.349 e. The number of nitrogens with zero attached hydrogens (tertiary/aromatic N) is 3. The second-order valence-electron chi connectivity index (χ2n) is 3.50. The Bertz CT molecular complexity index is 174. The number of methoxy groups -OCH3 is 1. The van der Waals surface area contributed by atoms with E-state index >= 15 is 0 Å². The fraction of sp³-hybridized carbons (Fsp3) is 0.889. The van der Waals surface area contributed by atoms with E-state index < -0.39 is 0 Å². The molecule has 0 rings (SSSR count). The van der Waals surface area contributed by atoms with Gasteiger partial charge in [-0.15, -0.1) is 0 Å². The van der Waals surface area contributed by atoms with E-state index in [4.69, 9.17) is 4.74 Å². The maximum Gasteiger partial charge on any atom is 0.349 e. The lowest BCUT2D eigenvalue weighted by Gasteiger charge is -2.20. The van der Waals surface area contributed by atoms with Gasteiger partial charge in [0.25, 0.3) is 0 Å². The van der Waals surface area contributed by atoms with Crippen molar-refractivity contribution in [3.05, 3.63) is 0 Å². The summed E-state index contributed by atoms with van der Waals surface area (Å²) in [5.74, 6) is 1.18. The van der Waals surface area contributed by atoms with Gasteiger partial charge in [0.15, 0.2) is 0 Å². The minimum Gasteiger partial charge on any atom is -0.381 e. The Morgan fingerprint density at radius 1 is 1.23 bits per heavy atom. The predicted octanol–water partition coefficient (Wildman–Crippen LogP) is -0.246. The van der Waals surface area contributed by atoms with Crippen LogP contribution in [0.25, 0.3) is 0 Å². The van der Waals surface area contributed by atoms with Crippen LogP contribution in [-0.4, -0.2) is 75.8 Å². The molecule has 0 N–H and O–H groups in total. The highest BCUT2D eigenvalue weighted by Crippen LogP contribution is 1.90. The van der Waals surface area contributed by atoms with Crippen molar-refractivity contribution in [2.75, 3.05) is 55.5 Å². The van der Waals surface area contributed by atoms with Crippen molar-refractivity contribution in [3.63, 3.8) is 0 Å². The van der Waals surface area contributed by atoms with Gasteiger partial charge in [0.05, 0.1) is 48.4 Å². The predicted molar refractivity (Wildman–Crippen MR) is 55.3 cm³/mol. The van der Waals surface area contributed by atoms with Crippen molar-refractivity contribution >= 4 is 5.96 Å². The molecule has 0 aromatic rings. The van der Waals surface area contributed by atoms with Gasteiger partial charge in [-0.1, -0.05) is 0 Å². The van der Waals surface area contributed by atoms with Gasteiger partial charge in [-0.3, -0.25) is 14.4 Å². The molecule has 0 aliphatic rings. The standard InChI is InChI=1S/C9H22N3O/c1-10(2)9(11(3)4)12(5)7-8-13-6/h7-8H2,1-6H3/q+1. The highest BCUT2D eigenvalue weighted by atomic mass is 16.5. The van der Waals surface area contributed by atoms with E-state index in [-0.39, 0.29) is 0 Å². The van der Waals surface area contributed by atoms with E-state index in [0.717, 1.165) is 13.2 Å². The Balaban J connectivity index is 4.31. The molecule has 0 amide bonds. The number of hydrogen-bond donors (Lipinski definition) is 0. The van der Waals surface area contributed by atoms with Crippen LogP contribution in [0.5, 0.6) is 0 Å². The molecule has 0 aliphatic heterocycles. The van der Waals surface area contributed by atoms with Gasteiger partial charge < -0.3 is 4.74 Å². The fourth-order valence-corrected chi connectivity index (χ4v) is 1.41. The Hall–Kier alpha value is -0.770. The minimum absolute atomic E-state index is 0.752. The zero-order valence-electron chi connectivity index (χ0n) is 9.66. The van der Waals surface area contributed by atoms with Gasteiger partial charge in [-0.2, -0.15) is 0 Å². The Labute approximate surface area is 81.4 Å². The van der Waals surface area contributed by atoms with E-state index in [1.165, 1.54) is 5.96 Å². The van der Waals surface area contributed by atoms with Gasteiger partial charge >= 0.3 is 5.96 Å². The number of likely N-dealkylation sites (N-methyl/N-ethyl adjacent to an activating group) is 1. The molecule has 0 fully saturated rings. The number of ether oxygens (including phenoxy) is 1. The molecular weight excluding hydrogens is 166 g/mol. The van der Waals surface area contributed by atoms with Crippen LogP contribution in [0.1, 0.15) is 0 Å². The molecular formula is C9H22N3O+. The lowest BCUT2D eigenvalue weighted by molar-refractivity contribution is -0.475. The third-order valence-electron chi connectivity index (χ3n) is 1.77. The second kappa shape index (κ2) is 5.80. The fourth-order valence-electron chi connectivity index (χ4n) is 1.41. The first-order valence-electron chi connectivity index (χ1n) is 4.42. The molecule has 13 heavy (non-hydrogen) atoms. The summed E-state index contributed by atoms with van der Waals surface area (Å²) in [7, 11) is 11.9. The monoisotopic (exact) mass is 188 g/mol. The Morgan fingerprint density at radius 3 is 2.08 bits per heavy atom. The number of guanidine groups is 1. The SMILES string of the molecule is COCCN(C)C(N(C)C)=[N+](C)C. The van der Waals surface area contributed by atoms with Gasteiger partial charge in [0.1, 0.15) is 0 Å². The molecule has 4 nitrogen and oxygen atoms in total. The molecule has 0 saturated carbocycles. The van der Waals surface area contributed by atoms with E-state index in [1.54, 1.807) is 7.11 Å². The summed E-state index contributed by atoms with van der Waals surface area (Å²) in [6.07, 6.45) is 0. The van der Waals surface area contributed by atoms with Crippen LogP contribution in [0.3, 0.4) is 0 Å². The van der Waals surface area contributed by atoms with Crippen LogP contribution in [-0.2, 0) is 4.74 Å². The van der Waals surface area contributed by atoms with Crippen molar-refractivity contribution in [1.82, 2.24) is 9.80 Å². The third kappa shape index (κ3) is 4.12. The van der Waals surface area contributed by atoms with E-state index in [2.05, 4.69) is 21.4 Å². The molecule has 0 atom stereocenters. The van der Waals surface area contributed by atoms with Crippen LogP contribution in [0.15, 0.2) is 0 Å². The largest absolute Gasteiger partial charge is 0.381 e. The van der Waals surface area contributed by atoms with Gasteiger partial charge in [0.2, 0.25) is 0 Å². The molecule has 0 unspecified atom stereocenters. The molecule has 0 radical (unpaired) electrons. The summed E-state index contributed by atoms with van der Waals surface area (Å²) in [6.45, 7) is 1.66. The third-order valence-corrected chi connectivity index (χ3v) is 1.77. The molecule has 0 saturated heterocycles. The molecule has 0 heterocycles. The summed E-state index contributed by atoms with van der Waals surface area (Å²) in [4.78, 5) is 4.26. The van der Waals surface area contributed by atoms with Crippen molar-refractivity contribution in [2.45, 2.75) is 0 Å². The molecule has 78 valence electrons. The Kier molecular flexibility index (Phi) is 5.46. The highest BCUT2D eigenvalue weighted by Gasteiger charge is 2.17. The van der Waals surface area contributed by atoms with E-state index in [9.17, 15) is 0 Å². The van der Waals surface area contributed by atoms with Crippen molar-refractivity contribution < 1.29 is 9.31 Å². The van der Waals surface area contributed by atoms with Crippen molar-refractivity contribution in [3.8, 4) is 0 Å². The maximum atomic E-state index is 5.03. The highest BCUT2D eigenvalue weighted by molar-refractivity contribution is 5.74. The molecule has 0 aromatic heterocycles. The quantitative estimate of drug-likeness (QED) is 0.346. The number of hydrogen-bond acceptors (Lipinski definition) is 1. The summed E-state index contributed by atoms with van der Waals surface area (Å²) < 4.78 is 7.12. The zero-order chi connectivity index (χ0) is 10.4. The van der Waals surface area contributed by atoms with Crippen LogP contribution in [0, 0.1) is 0 Å². The molecule has 0 aliphatic carbocycles. The number of rotatable bonds is 3. The van der Waals surface area contributed by atoms with Crippen LogP contribution >= 0.6 is 0 Å². The van der Waals surface area contributed by atoms with Crippen molar-refractivity contribution in [1.29, 1.82) is 0 Å². The molecule has 0 bridgehead atoms. The average molecular weight is 188 g/mol. The summed E-state index contributed by atoms with van der Waals surface area (Å²) in [6, 6.07) is 0. The topological polar surface area (TPSA) is 18.7 Å². The summed E-state index contributed by atoms with van der Waals surface area (Å²) >= 11 is 0. The first-order valence-corrected chi connectivity index (χ1v) is 4.42.